The first-order valence-electron chi connectivity index (χ1n) is 9.01. The molecule has 1 aliphatic heterocycles. The topological polar surface area (TPSA) is 169 Å². The van der Waals surface area contributed by atoms with Crippen molar-refractivity contribution in [2.75, 3.05) is 12.3 Å². The molecule has 4 atom stereocenters. The van der Waals surface area contributed by atoms with Crippen LogP contribution in [0.2, 0.25) is 0 Å². The van der Waals surface area contributed by atoms with Crippen LogP contribution in [0.25, 0.3) is 17.4 Å². The molecule has 12 heteroatoms. The number of aromatic nitrogens is 6. The van der Waals surface area contributed by atoms with E-state index in [1.807, 2.05) is 13.1 Å². The molecular formula is C17H22N8O4. The van der Waals surface area contributed by atoms with E-state index in [-0.39, 0.29) is 23.7 Å². The molecule has 0 aliphatic carbocycles. The molecule has 0 radical (unpaired) electrons. The highest BCUT2D eigenvalue weighted by atomic mass is 16.6. The molecular weight excluding hydrogens is 380 g/mol. The third-order valence-electron chi connectivity index (χ3n) is 4.93. The highest BCUT2D eigenvalue weighted by Crippen LogP contribution is 2.30. The number of imidazole rings is 1. The number of hydrogen-bond donors (Lipinski definition) is 5. The van der Waals surface area contributed by atoms with Crippen LogP contribution in [0.3, 0.4) is 0 Å². The van der Waals surface area contributed by atoms with E-state index in [1.165, 1.54) is 10.9 Å². The van der Waals surface area contributed by atoms with Crippen molar-refractivity contribution in [1.82, 2.24) is 34.6 Å². The van der Waals surface area contributed by atoms with Gasteiger partial charge in [-0.05, 0) is 6.92 Å². The normalized spacial score (nSPS) is 24.4. The van der Waals surface area contributed by atoms with Gasteiger partial charge in [-0.2, -0.15) is 10.1 Å². The van der Waals surface area contributed by atoms with Gasteiger partial charge in [0.25, 0.3) is 5.56 Å². The lowest BCUT2D eigenvalue weighted by atomic mass is 10.1. The van der Waals surface area contributed by atoms with Gasteiger partial charge in [-0.25, -0.2) is 9.67 Å². The van der Waals surface area contributed by atoms with Crippen LogP contribution < -0.4 is 16.6 Å². The van der Waals surface area contributed by atoms with Gasteiger partial charge in [-0.15, -0.1) is 0 Å². The van der Waals surface area contributed by atoms with Crippen LogP contribution in [0.4, 0.5) is 5.95 Å². The first kappa shape index (κ1) is 19.3. The number of aliphatic hydroxyl groups excluding tert-OH is 2. The lowest BCUT2D eigenvalue weighted by Gasteiger charge is -2.16. The summed E-state index contributed by atoms with van der Waals surface area (Å²) >= 11 is 0. The summed E-state index contributed by atoms with van der Waals surface area (Å²) in [6, 6.07) is 0. The average molecular weight is 402 g/mol. The highest BCUT2D eigenvalue weighted by Gasteiger charge is 2.44. The molecule has 6 N–H and O–H groups in total. The summed E-state index contributed by atoms with van der Waals surface area (Å²) in [6.45, 7) is 6.36. The predicted octanol–water partition coefficient (Wildman–Crippen LogP) is -1.28. The van der Waals surface area contributed by atoms with Crippen molar-refractivity contribution in [1.29, 1.82) is 0 Å². The first-order chi connectivity index (χ1) is 13.9. The average Bonchev–Trinajstić information content (AvgIpc) is 3.34. The number of rotatable bonds is 6. The first-order valence-corrected chi connectivity index (χ1v) is 9.01. The van der Waals surface area contributed by atoms with Gasteiger partial charge in [0.05, 0.1) is 12.0 Å². The molecule has 0 saturated carbocycles. The van der Waals surface area contributed by atoms with Crippen molar-refractivity contribution in [2.24, 2.45) is 0 Å². The summed E-state index contributed by atoms with van der Waals surface area (Å²) in [5.74, 6) is -0.0778. The number of nitrogen functional groups attached to an aromatic ring is 1. The minimum atomic E-state index is -1.23. The molecule has 1 saturated heterocycles. The molecule has 154 valence electrons. The van der Waals surface area contributed by atoms with Gasteiger partial charge in [-0.3, -0.25) is 14.3 Å². The van der Waals surface area contributed by atoms with Crippen molar-refractivity contribution in [2.45, 2.75) is 38.0 Å². The number of nitrogens with two attached hydrogens (primary N) is 1. The maximum Gasteiger partial charge on any atom is 0.280 e. The molecule has 0 bridgehead atoms. The van der Waals surface area contributed by atoms with Gasteiger partial charge in [-0.1, -0.05) is 6.58 Å². The van der Waals surface area contributed by atoms with Crippen LogP contribution in [0.15, 0.2) is 23.9 Å². The number of ether oxygens (including phenoxy) is 1. The van der Waals surface area contributed by atoms with Crippen molar-refractivity contribution in [3.63, 3.8) is 0 Å². The lowest BCUT2D eigenvalue weighted by Crippen LogP contribution is -2.37. The molecule has 3 aromatic heterocycles. The van der Waals surface area contributed by atoms with Gasteiger partial charge in [0, 0.05) is 31.0 Å². The van der Waals surface area contributed by atoms with Gasteiger partial charge < -0.3 is 26.0 Å². The Labute approximate surface area is 164 Å². The number of nitrogens with zero attached hydrogens (tertiary/aromatic N) is 5. The number of H-pyrrole nitrogens is 1. The summed E-state index contributed by atoms with van der Waals surface area (Å²) in [5, 5.41) is 28.4. The monoisotopic (exact) mass is 402 g/mol. The van der Waals surface area contributed by atoms with Crippen molar-refractivity contribution >= 4 is 23.3 Å². The van der Waals surface area contributed by atoms with Crippen LogP contribution in [0, 0.1) is 6.92 Å². The second-order valence-electron chi connectivity index (χ2n) is 6.85. The lowest BCUT2D eigenvalue weighted by molar-refractivity contribution is -0.0342. The SMILES string of the molecule is C=Cn1cc(CNC[C@H]2O[C@@H](n3cnc4c(=O)[nH]c(N)nc43)[C@H](O)[C@@H]2O)c(C)n1. The quantitative estimate of drug-likeness (QED) is 0.337. The van der Waals surface area contributed by atoms with Gasteiger partial charge in [0.2, 0.25) is 5.95 Å². The Morgan fingerprint density at radius 3 is 2.97 bits per heavy atom. The molecule has 12 nitrogen and oxygen atoms in total. The Hall–Kier alpha value is -3.06. The summed E-state index contributed by atoms with van der Waals surface area (Å²) in [4.78, 5) is 22.4. The van der Waals surface area contributed by atoms with Crippen LogP contribution in [0.5, 0.6) is 0 Å². The number of aryl methyl sites for hydroxylation is 1. The zero-order valence-corrected chi connectivity index (χ0v) is 15.7. The van der Waals surface area contributed by atoms with E-state index in [2.05, 4.69) is 31.9 Å². The molecule has 29 heavy (non-hydrogen) atoms. The molecule has 0 aromatic carbocycles. The second kappa shape index (κ2) is 7.40. The van der Waals surface area contributed by atoms with E-state index in [9.17, 15) is 15.0 Å². The Balaban J connectivity index is 1.47. The van der Waals surface area contributed by atoms with Crippen LogP contribution >= 0.6 is 0 Å². The number of nitrogens with one attached hydrogen (secondary N) is 2. The fourth-order valence-electron chi connectivity index (χ4n) is 3.39. The fourth-order valence-corrected chi connectivity index (χ4v) is 3.39. The standard InChI is InChI=1S/C17H22N8O4/c1-3-24-6-9(8(2)23-24)4-19-5-10-12(26)13(27)16(29-10)25-7-20-11-14(25)21-17(18)22-15(11)28/h3,6-7,10,12-13,16,19,26-27H,1,4-5H2,2H3,(H3,18,21,22,28)/t10-,12-,13-,16-/m1/s1. The predicted molar refractivity (Wildman–Crippen MR) is 104 cm³/mol. The minimum Gasteiger partial charge on any atom is -0.387 e. The van der Waals surface area contributed by atoms with Crippen LogP contribution in [0.1, 0.15) is 17.5 Å². The Kier molecular flexibility index (Phi) is 4.92. The third kappa shape index (κ3) is 3.42. The van der Waals surface area contributed by atoms with E-state index >= 15 is 0 Å². The van der Waals surface area contributed by atoms with Gasteiger partial charge in [0.1, 0.15) is 18.3 Å². The maximum atomic E-state index is 11.9. The molecule has 4 rings (SSSR count). The molecule has 0 amide bonds. The number of aliphatic hydroxyl groups is 2. The number of fused-ring (bicyclic) bond motifs is 1. The van der Waals surface area contributed by atoms with E-state index < -0.39 is 30.1 Å². The Morgan fingerprint density at radius 1 is 1.45 bits per heavy atom. The molecule has 3 aromatic rings. The van der Waals surface area contributed by atoms with Crippen LogP contribution in [-0.2, 0) is 11.3 Å². The molecule has 1 fully saturated rings. The van der Waals surface area contributed by atoms with Gasteiger partial charge >= 0.3 is 0 Å². The van der Waals surface area contributed by atoms with Crippen molar-refractivity contribution < 1.29 is 14.9 Å². The number of hydrogen-bond acceptors (Lipinski definition) is 9. The summed E-state index contributed by atoms with van der Waals surface area (Å²) in [6.07, 6.45) is 0.776. The Morgan fingerprint density at radius 2 is 2.24 bits per heavy atom. The van der Waals surface area contributed by atoms with E-state index in [0.29, 0.717) is 6.54 Å². The highest BCUT2D eigenvalue weighted by molar-refractivity contribution is 5.70. The smallest absolute Gasteiger partial charge is 0.280 e. The van der Waals surface area contributed by atoms with Crippen LogP contribution in [-0.4, -0.2) is 64.4 Å². The largest absolute Gasteiger partial charge is 0.387 e. The fraction of sp³-hybridized carbons (Fsp3) is 0.412. The maximum absolute atomic E-state index is 11.9. The zero-order chi connectivity index (χ0) is 20.7. The molecule has 4 heterocycles. The summed E-state index contributed by atoms with van der Waals surface area (Å²) in [5.41, 5.74) is 7.19. The second-order valence-corrected chi connectivity index (χ2v) is 6.85. The minimum absolute atomic E-state index is 0.0702. The molecule has 0 spiro atoms. The van der Waals surface area contributed by atoms with E-state index in [4.69, 9.17) is 10.5 Å². The van der Waals surface area contributed by atoms with Crippen molar-refractivity contribution in [3.8, 4) is 0 Å². The molecule has 1 aliphatic rings. The third-order valence-corrected chi connectivity index (χ3v) is 4.93. The Bertz CT molecular complexity index is 1100. The van der Waals surface area contributed by atoms with Crippen molar-refractivity contribution in [3.05, 3.63) is 40.7 Å². The zero-order valence-electron chi connectivity index (χ0n) is 15.7. The number of anilines is 1. The molecule has 0 unspecified atom stereocenters. The van der Waals surface area contributed by atoms with Gasteiger partial charge in [0.15, 0.2) is 17.4 Å². The summed E-state index contributed by atoms with van der Waals surface area (Å²) in [7, 11) is 0. The number of aromatic amines is 1. The van der Waals surface area contributed by atoms with E-state index in [0.717, 1.165) is 11.3 Å². The van der Waals surface area contributed by atoms with E-state index in [1.54, 1.807) is 10.9 Å². The summed E-state index contributed by atoms with van der Waals surface area (Å²) < 4.78 is 8.86.